The minimum Gasteiger partial charge on any atom is -0.290 e. The molecule has 0 saturated heterocycles. The summed E-state index contributed by atoms with van der Waals surface area (Å²) in [6.45, 7) is 8.96. The molecule has 2 rings (SSSR count). The Bertz CT molecular complexity index is 729. The first-order valence-corrected chi connectivity index (χ1v) is 9.68. The summed E-state index contributed by atoms with van der Waals surface area (Å²) in [5, 5.41) is 0. The van der Waals surface area contributed by atoms with Gasteiger partial charge in [0, 0.05) is 0 Å². The molecule has 26 heavy (non-hydrogen) atoms. The van der Waals surface area contributed by atoms with Gasteiger partial charge in [-0.2, -0.15) is 0 Å². The van der Waals surface area contributed by atoms with Crippen LogP contribution in [0.5, 0.6) is 0 Å². The van der Waals surface area contributed by atoms with Crippen molar-refractivity contribution in [1.29, 1.82) is 0 Å². The van der Waals surface area contributed by atoms with Crippen molar-refractivity contribution in [3.8, 4) is 0 Å². The van der Waals surface area contributed by atoms with Crippen molar-refractivity contribution in [2.45, 2.75) is 52.4 Å². The molecule has 0 heterocycles. The molecule has 2 atom stereocenters. The minimum absolute atomic E-state index is 0.586. The molecule has 0 aliphatic carbocycles. The molecule has 3 heteroatoms. The number of anilines is 1. The third-order valence-corrected chi connectivity index (χ3v) is 5.61. The van der Waals surface area contributed by atoms with Gasteiger partial charge in [0.15, 0.2) is 0 Å². The zero-order chi connectivity index (χ0) is 19.3. The lowest BCUT2D eigenvalue weighted by atomic mass is 9.98. The second-order valence-corrected chi connectivity index (χ2v) is 7.28. The zero-order valence-corrected chi connectivity index (χ0v) is 17.2. The highest BCUT2D eigenvalue weighted by Crippen LogP contribution is 2.23. The van der Waals surface area contributed by atoms with Crippen molar-refractivity contribution < 1.29 is 4.58 Å². The third-order valence-electron chi connectivity index (χ3n) is 5.61. The van der Waals surface area contributed by atoms with Gasteiger partial charge in [-0.1, -0.05) is 52.0 Å². The average molecular weight is 353 g/mol. The highest BCUT2D eigenvalue weighted by atomic mass is 15.3. The number of nitrogens with two attached hydrogens (primary N) is 1. The number of hydrogen-bond acceptors (Lipinski definition) is 0. The molecule has 0 amide bonds. The molecule has 0 spiro atoms. The second kappa shape index (κ2) is 8.88. The van der Waals surface area contributed by atoms with Crippen LogP contribution in [0.4, 0.5) is 11.4 Å². The highest BCUT2D eigenvalue weighted by molar-refractivity contribution is 5.91. The molecule has 0 aliphatic heterocycles. The van der Waals surface area contributed by atoms with Crippen molar-refractivity contribution in [3.05, 3.63) is 59.7 Å². The quantitative estimate of drug-likeness (QED) is 0.426. The third kappa shape index (κ3) is 4.46. The molecule has 0 fully saturated rings. The van der Waals surface area contributed by atoms with Gasteiger partial charge in [-0.05, 0) is 60.1 Å². The molecule has 2 unspecified atom stereocenters. The fourth-order valence-corrected chi connectivity index (χ4v) is 3.01. The smallest absolute Gasteiger partial charge is 0.290 e. The van der Waals surface area contributed by atoms with E-state index < -0.39 is 0 Å². The van der Waals surface area contributed by atoms with Gasteiger partial charge in [-0.25, -0.2) is 9.48 Å². The molecule has 2 N–H and O–H groups in total. The van der Waals surface area contributed by atoms with E-state index >= 15 is 0 Å². The number of nitrogens with zero attached hydrogens (tertiary/aromatic N) is 2. The van der Waals surface area contributed by atoms with Crippen LogP contribution in [0, 0.1) is 0 Å². The van der Waals surface area contributed by atoms with Crippen LogP contribution in [-0.4, -0.2) is 24.6 Å². The molecule has 0 bridgehead atoms. The van der Waals surface area contributed by atoms with Crippen LogP contribution in [0.1, 0.15) is 63.5 Å². The summed E-state index contributed by atoms with van der Waals surface area (Å²) in [5.74, 6) is 1.88. The fourth-order valence-electron chi connectivity index (χ4n) is 3.01. The Balaban J connectivity index is 2.23. The van der Waals surface area contributed by atoms with Crippen LogP contribution in [0.2, 0.25) is 0 Å². The highest BCUT2D eigenvalue weighted by Gasteiger charge is 2.16. The summed E-state index contributed by atoms with van der Waals surface area (Å²) in [6, 6.07) is 17.4. The lowest BCUT2D eigenvalue weighted by molar-refractivity contribution is -0.407. The van der Waals surface area contributed by atoms with Crippen molar-refractivity contribution in [2.24, 2.45) is 5.73 Å². The number of rotatable bonds is 6. The molecule has 140 valence electrons. The summed E-state index contributed by atoms with van der Waals surface area (Å²) < 4.78 is 2.03. The normalized spacial score (nSPS) is 14.5. The summed E-state index contributed by atoms with van der Waals surface area (Å²) in [4.78, 5) is 2.03. The zero-order valence-electron chi connectivity index (χ0n) is 17.2. The van der Waals surface area contributed by atoms with E-state index in [1.54, 1.807) is 0 Å². The number of guanidine groups is 1. The van der Waals surface area contributed by atoms with Crippen LogP contribution < -0.4 is 10.6 Å². The van der Waals surface area contributed by atoms with Crippen LogP contribution in [0.3, 0.4) is 0 Å². The molecule has 3 nitrogen and oxygen atoms in total. The lowest BCUT2D eigenvalue weighted by Crippen LogP contribution is -2.39. The molecule has 0 aliphatic rings. The predicted octanol–water partition coefficient (Wildman–Crippen LogP) is 5.44. The maximum Gasteiger partial charge on any atom is 0.355 e. The first kappa shape index (κ1) is 20.0. The Morgan fingerprint density at radius 3 is 1.73 bits per heavy atom. The Morgan fingerprint density at radius 1 is 0.885 bits per heavy atom. The van der Waals surface area contributed by atoms with Crippen molar-refractivity contribution >= 4 is 17.3 Å². The van der Waals surface area contributed by atoms with Crippen LogP contribution in [-0.2, 0) is 0 Å². The van der Waals surface area contributed by atoms with Gasteiger partial charge >= 0.3 is 5.96 Å². The Morgan fingerprint density at radius 2 is 1.31 bits per heavy atom. The van der Waals surface area contributed by atoms with E-state index in [0.29, 0.717) is 17.8 Å². The van der Waals surface area contributed by atoms with E-state index in [0.717, 1.165) is 24.2 Å². The summed E-state index contributed by atoms with van der Waals surface area (Å²) in [6.07, 6.45) is 2.30. The maximum atomic E-state index is 6.44. The average Bonchev–Trinajstić information content (AvgIpc) is 2.71. The number of hydrogen-bond donors (Lipinski definition) is 1. The van der Waals surface area contributed by atoms with Gasteiger partial charge in [0.1, 0.15) is 11.4 Å². The standard InChI is InChI=1S/C23H33N3/c1-7-17(3)19-9-13-21(14-10-19)25(5)23(24)26(6)22-15-11-20(12-16-22)18(4)8-2/h9-18,24H,7-8H2,1-6H3/p+1. The monoisotopic (exact) mass is 352 g/mol. The fraction of sp³-hybridized carbons (Fsp3) is 0.435. The van der Waals surface area contributed by atoms with E-state index in [2.05, 4.69) is 76.2 Å². The van der Waals surface area contributed by atoms with E-state index in [1.807, 2.05) is 23.6 Å². The number of benzene rings is 2. The van der Waals surface area contributed by atoms with Gasteiger partial charge in [0.25, 0.3) is 0 Å². The maximum absolute atomic E-state index is 6.44. The molecule has 2 aromatic rings. The molecular formula is C23H34N3+. The SMILES string of the molecule is CCC(C)c1ccc(N(C)C(N)=[N+](C)c2ccc(C(C)CC)cc2)cc1. The second-order valence-electron chi connectivity index (χ2n) is 7.28. The van der Waals surface area contributed by atoms with Crippen LogP contribution in [0.25, 0.3) is 0 Å². The minimum atomic E-state index is 0.586. The van der Waals surface area contributed by atoms with E-state index in [-0.39, 0.29) is 0 Å². The van der Waals surface area contributed by atoms with Crippen molar-refractivity contribution in [3.63, 3.8) is 0 Å². The summed E-state index contributed by atoms with van der Waals surface area (Å²) in [5.41, 5.74) is 11.4. The topological polar surface area (TPSA) is 32.3 Å². The Hall–Kier alpha value is -2.29. The lowest BCUT2D eigenvalue weighted by Gasteiger charge is -2.17. The van der Waals surface area contributed by atoms with Gasteiger partial charge in [-0.15, -0.1) is 0 Å². The van der Waals surface area contributed by atoms with E-state index in [4.69, 9.17) is 5.73 Å². The molecule has 0 saturated carbocycles. The predicted molar refractivity (Wildman–Crippen MR) is 114 cm³/mol. The molecule has 0 aromatic heterocycles. The van der Waals surface area contributed by atoms with Gasteiger partial charge in [-0.3, -0.25) is 5.73 Å². The molecular weight excluding hydrogens is 318 g/mol. The first-order chi connectivity index (χ1) is 12.4. The Labute approximate surface area is 159 Å². The van der Waals surface area contributed by atoms with Gasteiger partial charge in [0.05, 0.1) is 14.1 Å². The molecule has 2 aromatic carbocycles. The van der Waals surface area contributed by atoms with Crippen molar-refractivity contribution in [1.82, 2.24) is 0 Å². The largest absolute Gasteiger partial charge is 0.355 e. The van der Waals surface area contributed by atoms with Crippen LogP contribution >= 0.6 is 0 Å². The van der Waals surface area contributed by atoms with Crippen molar-refractivity contribution in [2.75, 3.05) is 19.0 Å². The Kier molecular flexibility index (Phi) is 6.84. The summed E-state index contributed by atoms with van der Waals surface area (Å²) in [7, 11) is 4.02. The van der Waals surface area contributed by atoms with E-state index in [9.17, 15) is 0 Å². The first-order valence-electron chi connectivity index (χ1n) is 9.68. The van der Waals surface area contributed by atoms with Gasteiger partial charge < -0.3 is 0 Å². The van der Waals surface area contributed by atoms with Crippen LogP contribution in [0.15, 0.2) is 48.5 Å². The van der Waals surface area contributed by atoms with E-state index in [1.165, 1.54) is 11.1 Å². The van der Waals surface area contributed by atoms with Gasteiger partial charge in [0.2, 0.25) is 0 Å². The summed E-state index contributed by atoms with van der Waals surface area (Å²) >= 11 is 0. The molecule has 0 radical (unpaired) electrons.